The topological polar surface area (TPSA) is 112 Å². The number of carbonyl (C=O) groups is 1. The van der Waals surface area contributed by atoms with Crippen molar-refractivity contribution in [2.24, 2.45) is 5.10 Å². The Kier molecular flexibility index (Phi) is 6.32. The first-order valence-electron chi connectivity index (χ1n) is 7.80. The van der Waals surface area contributed by atoms with Gasteiger partial charge in [0.25, 0.3) is 5.91 Å². The van der Waals surface area contributed by atoms with Crippen LogP contribution in [0.5, 0.6) is 17.2 Å². The maximum absolute atomic E-state index is 12.4. The number of ether oxygens (including phenoxy) is 3. The first kappa shape index (κ1) is 19.7. The van der Waals surface area contributed by atoms with Crippen LogP contribution >= 0.6 is 0 Å². The van der Waals surface area contributed by atoms with E-state index in [1.165, 1.54) is 33.5 Å². The Balaban J connectivity index is 2.24. The molecule has 27 heavy (non-hydrogen) atoms. The van der Waals surface area contributed by atoms with E-state index < -0.39 is 10.8 Å². The van der Waals surface area contributed by atoms with E-state index in [2.05, 4.69) is 10.5 Å². The quantitative estimate of drug-likeness (QED) is 0.454. The van der Waals surface area contributed by atoms with E-state index in [0.29, 0.717) is 22.8 Å². The zero-order valence-corrected chi connectivity index (χ0v) is 15.3. The second kappa shape index (κ2) is 8.65. The number of carbonyl (C=O) groups excluding carboxylic acids is 1. The second-order valence-corrected chi connectivity index (χ2v) is 5.35. The molecular weight excluding hydrogens is 354 g/mol. The molecule has 0 aromatic heterocycles. The lowest BCUT2D eigenvalue weighted by molar-refractivity contribution is -0.385. The summed E-state index contributed by atoms with van der Waals surface area (Å²) in [7, 11) is 4.30. The van der Waals surface area contributed by atoms with Gasteiger partial charge in [0.15, 0.2) is 5.75 Å². The number of rotatable bonds is 7. The van der Waals surface area contributed by atoms with Gasteiger partial charge in [-0.1, -0.05) is 0 Å². The summed E-state index contributed by atoms with van der Waals surface area (Å²) in [6.45, 7) is 1.62. The third-order valence-corrected chi connectivity index (χ3v) is 3.77. The maximum Gasteiger partial charge on any atom is 0.311 e. The Morgan fingerprint density at radius 1 is 1.04 bits per heavy atom. The molecule has 0 heterocycles. The molecule has 1 amide bonds. The van der Waals surface area contributed by atoms with Gasteiger partial charge >= 0.3 is 5.69 Å². The summed E-state index contributed by atoms with van der Waals surface area (Å²) < 4.78 is 15.2. The van der Waals surface area contributed by atoms with Crippen LogP contribution in [-0.4, -0.2) is 37.9 Å². The number of hydrogen-bond acceptors (Lipinski definition) is 7. The minimum atomic E-state index is -0.545. The summed E-state index contributed by atoms with van der Waals surface area (Å²) >= 11 is 0. The molecule has 9 nitrogen and oxygen atoms in total. The SMILES string of the molecule is COc1ccc(C(=O)N/N=C(/C)c2ccc(OC)c([N+](=O)[O-])c2)c(OC)c1. The number of benzene rings is 2. The van der Waals surface area contributed by atoms with Gasteiger partial charge in [0.05, 0.1) is 37.5 Å². The third-order valence-electron chi connectivity index (χ3n) is 3.77. The van der Waals surface area contributed by atoms with Crippen LogP contribution in [-0.2, 0) is 0 Å². The molecule has 0 atom stereocenters. The smallest absolute Gasteiger partial charge is 0.311 e. The summed E-state index contributed by atoms with van der Waals surface area (Å²) in [5.41, 5.74) is 3.37. The number of hydrazone groups is 1. The van der Waals surface area contributed by atoms with E-state index in [4.69, 9.17) is 14.2 Å². The van der Waals surface area contributed by atoms with E-state index in [-0.39, 0.29) is 17.0 Å². The fourth-order valence-corrected chi connectivity index (χ4v) is 2.30. The van der Waals surface area contributed by atoms with Crippen LogP contribution in [0, 0.1) is 10.1 Å². The van der Waals surface area contributed by atoms with Crippen molar-refractivity contribution in [2.45, 2.75) is 6.92 Å². The molecule has 0 saturated heterocycles. The van der Waals surface area contributed by atoms with Gasteiger partial charge in [-0.15, -0.1) is 0 Å². The van der Waals surface area contributed by atoms with Crippen LogP contribution in [0.25, 0.3) is 0 Å². The molecule has 2 rings (SSSR count). The molecule has 2 aromatic rings. The number of nitro groups is 1. The van der Waals surface area contributed by atoms with Crippen molar-refractivity contribution in [3.63, 3.8) is 0 Å². The van der Waals surface area contributed by atoms with E-state index in [1.54, 1.807) is 31.2 Å². The number of nitro benzene ring substituents is 1. The highest BCUT2D eigenvalue weighted by molar-refractivity contribution is 6.02. The van der Waals surface area contributed by atoms with Gasteiger partial charge in [-0.2, -0.15) is 5.10 Å². The molecule has 1 N–H and O–H groups in total. The fourth-order valence-electron chi connectivity index (χ4n) is 2.30. The molecule has 0 spiro atoms. The Morgan fingerprint density at radius 2 is 1.74 bits per heavy atom. The molecule has 9 heteroatoms. The molecule has 0 radical (unpaired) electrons. The lowest BCUT2D eigenvalue weighted by Crippen LogP contribution is -2.20. The standard InChI is InChI=1S/C18H19N3O6/c1-11(12-5-8-16(26-3)15(9-12)21(23)24)19-20-18(22)14-7-6-13(25-2)10-17(14)27-4/h5-10H,1-4H3,(H,20,22)/b19-11-. The molecule has 0 aliphatic rings. The molecular formula is C18H19N3O6. The zero-order valence-electron chi connectivity index (χ0n) is 15.3. The summed E-state index contributed by atoms with van der Waals surface area (Å²) in [5, 5.41) is 15.1. The number of amides is 1. The average molecular weight is 373 g/mol. The monoisotopic (exact) mass is 373 g/mol. The minimum Gasteiger partial charge on any atom is -0.497 e. The molecule has 0 fully saturated rings. The molecule has 0 unspecified atom stereocenters. The Hall–Kier alpha value is -3.62. The van der Waals surface area contributed by atoms with Gasteiger partial charge in [0, 0.05) is 17.7 Å². The largest absolute Gasteiger partial charge is 0.497 e. The van der Waals surface area contributed by atoms with E-state index in [1.807, 2.05) is 0 Å². The van der Waals surface area contributed by atoms with Crippen molar-refractivity contribution in [3.8, 4) is 17.2 Å². The van der Waals surface area contributed by atoms with Gasteiger partial charge in [-0.3, -0.25) is 14.9 Å². The zero-order chi connectivity index (χ0) is 20.0. The van der Waals surface area contributed by atoms with Crippen LogP contribution in [0.1, 0.15) is 22.8 Å². The number of nitrogens with one attached hydrogen (secondary N) is 1. The molecule has 0 saturated carbocycles. The van der Waals surface area contributed by atoms with E-state index >= 15 is 0 Å². The van der Waals surface area contributed by atoms with Crippen molar-refractivity contribution in [1.29, 1.82) is 0 Å². The van der Waals surface area contributed by atoms with Gasteiger partial charge < -0.3 is 14.2 Å². The van der Waals surface area contributed by atoms with Crippen LogP contribution in [0.15, 0.2) is 41.5 Å². The molecule has 2 aromatic carbocycles. The van der Waals surface area contributed by atoms with E-state index in [9.17, 15) is 14.9 Å². The Bertz CT molecular complexity index is 895. The summed E-state index contributed by atoms with van der Waals surface area (Å²) in [4.78, 5) is 22.9. The van der Waals surface area contributed by atoms with Crippen LogP contribution in [0.4, 0.5) is 5.69 Å². The van der Waals surface area contributed by atoms with Crippen molar-refractivity contribution in [3.05, 3.63) is 57.6 Å². The van der Waals surface area contributed by atoms with E-state index in [0.717, 1.165) is 0 Å². The molecule has 0 aliphatic carbocycles. The first-order chi connectivity index (χ1) is 12.9. The van der Waals surface area contributed by atoms with Crippen LogP contribution < -0.4 is 19.6 Å². The fraction of sp³-hybridized carbons (Fsp3) is 0.222. The highest BCUT2D eigenvalue weighted by Gasteiger charge is 2.17. The van der Waals surface area contributed by atoms with Gasteiger partial charge in [0.2, 0.25) is 0 Å². The average Bonchev–Trinajstić information content (AvgIpc) is 2.70. The second-order valence-electron chi connectivity index (χ2n) is 5.35. The lowest BCUT2D eigenvalue weighted by Gasteiger charge is -2.09. The van der Waals surface area contributed by atoms with Crippen molar-refractivity contribution >= 4 is 17.3 Å². The predicted molar refractivity (Wildman–Crippen MR) is 98.9 cm³/mol. The normalized spacial score (nSPS) is 10.9. The summed E-state index contributed by atoms with van der Waals surface area (Å²) in [6, 6.07) is 9.18. The Labute approximate surface area is 155 Å². The molecule has 0 aliphatic heterocycles. The predicted octanol–water partition coefficient (Wildman–Crippen LogP) is 2.77. The molecule has 142 valence electrons. The van der Waals surface area contributed by atoms with Crippen molar-refractivity contribution in [1.82, 2.24) is 5.43 Å². The van der Waals surface area contributed by atoms with Gasteiger partial charge in [-0.25, -0.2) is 5.43 Å². The highest BCUT2D eigenvalue weighted by atomic mass is 16.6. The third kappa shape index (κ3) is 4.51. The summed E-state index contributed by atoms with van der Waals surface area (Å²) in [6.07, 6.45) is 0. The number of methoxy groups -OCH3 is 3. The van der Waals surface area contributed by atoms with Gasteiger partial charge in [-0.05, 0) is 31.2 Å². The van der Waals surface area contributed by atoms with Crippen molar-refractivity contribution in [2.75, 3.05) is 21.3 Å². The minimum absolute atomic E-state index is 0.142. The number of hydrogen-bond donors (Lipinski definition) is 1. The van der Waals surface area contributed by atoms with Crippen molar-refractivity contribution < 1.29 is 23.9 Å². The highest BCUT2D eigenvalue weighted by Crippen LogP contribution is 2.28. The van der Waals surface area contributed by atoms with Crippen LogP contribution in [0.3, 0.4) is 0 Å². The van der Waals surface area contributed by atoms with Crippen LogP contribution in [0.2, 0.25) is 0 Å². The lowest BCUT2D eigenvalue weighted by atomic mass is 10.1. The first-order valence-corrected chi connectivity index (χ1v) is 7.80. The molecule has 0 bridgehead atoms. The maximum atomic E-state index is 12.4. The number of nitrogens with zero attached hydrogens (tertiary/aromatic N) is 2. The van der Waals surface area contributed by atoms with Gasteiger partial charge in [0.1, 0.15) is 11.5 Å². The summed E-state index contributed by atoms with van der Waals surface area (Å²) in [5.74, 6) is 0.536. The Morgan fingerprint density at radius 3 is 2.33 bits per heavy atom.